The molecule has 120 valence electrons. The highest BCUT2D eigenvalue weighted by Gasteiger charge is 2.17. The number of hydrogen-bond acceptors (Lipinski definition) is 4. The number of anilines is 1. The zero-order valence-corrected chi connectivity index (χ0v) is 14.0. The summed E-state index contributed by atoms with van der Waals surface area (Å²) in [5.74, 6) is 0. The SMILES string of the molecule is Cc1cc(NN2CCN(CCC#N)CC2)c2cccc(C)c2c1. The summed E-state index contributed by atoms with van der Waals surface area (Å²) in [5.41, 5.74) is 7.39. The summed E-state index contributed by atoms with van der Waals surface area (Å²) >= 11 is 0. The molecule has 0 bridgehead atoms. The van der Waals surface area contributed by atoms with E-state index in [4.69, 9.17) is 5.26 Å². The quantitative estimate of drug-likeness (QED) is 0.941. The number of aryl methyl sites for hydroxylation is 2. The number of rotatable bonds is 4. The van der Waals surface area contributed by atoms with Gasteiger partial charge in [-0.2, -0.15) is 5.26 Å². The first-order valence-electron chi connectivity index (χ1n) is 8.28. The largest absolute Gasteiger partial charge is 0.318 e. The Hall–Kier alpha value is -2.09. The summed E-state index contributed by atoms with van der Waals surface area (Å²) in [6, 6.07) is 13.2. The smallest absolute Gasteiger partial charge is 0.0635 e. The van der Waals surface area contributed by atoms with Crippen molar-refractivity contribution < 1.29 is 0 Å². The van der Waals surface area contributed by atoms with Crippen LogP contribution in [0.25, 0.3) is 10.8 Å². The highest BCUT2D eigenvalue weighted by molar-refractivity contribution is 5.96. The third-order valence-electron chi connectivity index (χ3n) is 4.55. The second-order valence-corrected chi connectivity index (χ2v) is 6.33. The van der Waals surface area contributed by atoms with Crippen LogP contribution in [0.5, 0.6) is 0 Å². The van der Waals surface area contributed by atoms with Crippen LogP contribution in [0.1, 0.15) is 17.5 Å². The average molecular weight is 308 g/mol. The van der Waals surface area contributed by atoms with Crippen molar-refractivity contribution in [3.8, 4) is 6.07 Å². The highest BCUT2D eigenvalue weighted by atomic mass is 15.5. The van der Waals surface area contributed by atoms with Gasteiger partial charge in [0.25, 0.3) is 0 Å². The fraction of sp³-hybridized carbons (Fsp3) is 0.421. The zero-order valence-electron chi connectivity index (χ0n) is 14.0. The minimum absolute atomic E-state index is 0.620. The Balaban J connectivity index is 1.73. The molecule has 2 aromatic carbocycles. The van der Waals surface area contributed by atoms with Crippen LogP contribution in [0.4, 0.5) is 5.69 Å². The molecule has 0 unspecified atom stereocenters. The number of fused-ring (bicyclic) bond motifs is 1. The lowest BCUT2D eigenvalue weighted by Gasteiger charge is -2.35. The summed E-state index contributed by atoms with van der Waals surface area (Å²) in [6.45, 7) is 9.18. The Morgan fingerprint density at radius 3 is 2.61 bits per heavy atom. The maximum Gasteiger partial charge on any atom is 0.0635 e. The summed E-state index contributed by atoms with van der Waals surface area (Å²) < 4.78 is 0. The maximum atomic E-state index is 8.69. The van der Waals surface area contributed by atoms with E-state index < -0.39 is 0 Å². The minimum Gasteiger partial charge on any atom is -0.318 e. The zero-order chi connectivity index (χ0) is 16.2. The van der Waals surface area contributed by atoms with Crippen molar-refractivity contribution in [1.29, 1.82) is 5.26 Å². The van der Waals surface area contributed by atoms with Crippen molar-refractivity contribution >= 4 is 16.5 Å². The van der Waals surface area contributed by atoms with Crippen LogP contribution < -0.4 is 5.43 Å². The van der Waals surface area contributed by atoms with E-state index in [-0.39, 0.29) is 0 Å². The molecule has 3 rings (SSSR count). The molecule has 1 aliphatic heterocycles. The fourth-order valence-corrected chi connectivity index (χ4v) is 3.24. The third-order valence-corrected chi connectivity index (χ3v) is 4.55. The van der Waals surface area contributed by atoms with Crippen LogP contribution in [0, 0.1) is 25.2 Å². The lowest BCUT2D eigenvalue weighted by Crippen LogP contribution is -2.48. The van der Waals surface area contributed by atoms with Gasteiger partial charge in [-0.25, -0.2) is 5.01 Å². The molecule has 1 N–H and O–H groups in total. The molecule has 0 radical (unpaired) electrons. The molecule has 1 heterocycles. The van der Waals surface area contributed by atoms with E-state index in [1.165, 1.54) is 27.6 Å². The van der Waals surface area contributed by atoms with E-state index in [1.54, 1.807) is 0 Å². The van der Waals surface area contributed by atoms with E-state index in [1.807, 2.05) is 0 Å². The molecule has 23 heavy (non-hydrogen) atoms. The summed E-state index contributed by atoms with van der Waals surface area (Å²) in [7, 11) is 0. The number of hydrazine groups is 1. The molecule has 4 nitrogen and oxygen atoms in total. The molecule has 0 atom stereocenters. The first-order valence-corrected chi connectivity index (χ1v) is 8.28. The molecule has 0 amide bonds. The van der Waals surface area contributed by atoms with Crippen LogP contribution in [-0.4, -0.2) is 42.6 Å². The molecule has 1 fully saturated rings. The van der Waals surface area contributed by atoms with E-state index in [0.29, 0.717) is 6.42 Å². The van der Waals surface area contributed by atoms with Crippen molar-refractivity contribution in [3.63, 3.8) is 0 Å². The maximum absolute atomic E-state index is 8.69. The van der Waals surface area contributed by atoms with Crippen molar-refractivity contribution in [3.05, 3.63) is 41.5 Å². The van der Waals surface area contributed by atoms with E-state index in [2.05, 4.69) is 65.6 Å². The van der Waals surface area contributed by atoms with Crippen molar-refractivity contribution in [1.82, 2.24) is 9.91 Å². The lowest BCUT2D eigenvalue weighted by molar-refractivity contribution is 0.155. The number of piperazine rings is 1. The van der Waals surface area contributed by atoms with Crippen LogP contribution >= 0.6 is 0 Å². The molecule has 1 aliphatic rings. The molecule has 0 saturated carbocycles. The molecule has 2 aromatic rings. The van der Waals surface area contributed by atoms with Crippen LogP contribution in [-0.2, 0) is 0 Å². The van der Waals surface area contributed by atoms with Crippen molar-refractivity contribution in [2.75, 3.05) is 38.1 Å². The summed E-state index contributed by atoms with van der Waals surface area (Å²) in [4.78, 5) is 2.36. The van der Waals surface area contributed by atoms with Gasteiger partial charge in [0.2, 0.25) is 0 Å². The van der Waals surface area contributed by atoms with Gasteiger partial charge in [-0.15, -0.1) is 0 Å². The summed E-state index contributed by atoms with van der Waals surface area (Å²) in [5, 5.41) is 13.6. The van der Waals surface area contributed by atoms with Gasteiger partial charge in [-0.05, 0) is 36.4 Å². The first-order chi connectivity index (χ1) is 11.2. The number of nitriles is 1. The number of benzene rings is 2. The number of nitrogens with one attached hydrogen (secondary N) is 1. The first kappa shape index (κ1) is 15.8. The molecule has 0 spiro atoms. The highest BCUT2D eigenvalue weighted by Crippen LogP contribution is 2.28. The predicted octanol–water partition coefficient (Wildman–Crippen LogP) is 3.31. The van der Waals surface area contributed by atoms with E-state index in [0.717, 1.165) is 32.7 Å². The monoisotopic (exact) mass is 308 g/mol. The minimum atomic E-state index is 0.620. The second kappa shape index (κ2) is 6.99. The van der Waals surface area contributed by atoms with Crippen molar-refractivity contribution in [2.24, 2.45) is 0 Å². The fourth-order valence-electron chi connectivity index (χ4n) is 3.24. The summed E-state index contributed by atoms with van der Waals surface area (Å²) in [6.07, 6.45) is 0.620. The van der Waals surface area contributed by atoms with Gasteiger partial charge < -0.3 is 5.43 Å². The van der Waals surface area contributed by atoms with Gasteiger partial charge in [0.1, 0.15) is 0 Å². The molecule has 4 heteroatoms. The van der Waals surface area contributed by atoms with Crippen LogP contribution in [0.2, 0.25) is 0 Å². The Morgan fingerprint density at radius 2 is 1.87 bits per heavy atom. The normalized spacial score (nSPS) is 16.4. The third kappa shape index (κ3) is 3.64. The molecule has 0 aliphatic carbocycles. The van der Waals surface area contributed by atoms with Crippen molar-refractivity contribution in [2.45, 2.75) is 20.3 Å². The Morgan fingerprint density at radius 1 is 1.09 bits per heavy atom. The standard InChI is InChI=1S/C19H24N4/c1-15-13-18-16(2)5-3-6-17(18)19(14-15)21-23-11-9-22(10-12-23)8-4-7-20/h3,5-6,13-14,21H,4,8-12H2,1-2H3. The van der Waals surface area contributed by atoms with Gasteiger partial charge >= 0.3 is 0 Å². The molecular formula is C19H24N4. The van der Waals surface area contributed by atoms with Gasteiger partial charge in [-0.1, -0.05) is 24.3 Å². The predicted molar refractivity (Wildman–Crippen MR) is 95.3 cm³/mol. The molecule has 0 aromatic heterocycles. The molecular weight excluding hydrogens is 284 g/mol. The van der Waals surface area contributed by atoms with Gasteiger partial charge in [0.15, 0.2) is 0 Å². The van der Waals surface area contributed by atoms with E-state index >= 15 is 0 Å². The Labute approximate surface area is 138 Å². The number of nitrogens with zero attached hydrogens (tertiary/aromatic N) is 3. The van der Waals surface area contributed by atoms with Crippen LogP contribution in [0.3, 0.4) is 0 Å². The average Bonchev–Trinajstić information content (AvgIpc) is 2.55. The lowest BCUT2D eigenvalue weighted by atomic mass is 10.0. The van der Waals surface area contributed by atoms with Gasteiger partial charge in [0.05, 0.1) is 11.8 Å². The topological polar surface area (TPSA) is 42.3 Å². The van der Waals surface area contributed by atoms with Crippen LogP contribution in [0.15, 0.2) is 30.3 Å². The molecule has 1 saturated heterocycles. The van der Waals surface area contributed by atoms with Gasteiger partial charge in [-0.3, -0.25) is 4.90 Å². The Bertz CT molecular complexity index is 724. The van der Waals surface area contributed by atoms with Gasteiger partial charge in [0, 0.05) is 44.5 Å². The second-order valence-electron chi connectivity index (χ2n) is 6.33. The van der Waals surface area contributed by atoms with E-state index in [9.17, 15) is 0 Å². The Kier molecular flexibility index (Phi) is 4.80. The number of hydrogen-bond donors (Lipinski definition) is 1.